The molecule has 2 atom stereocenters. The van der Waals surface area contributed by atoms with Gasteiger partial charge in [-0.25, -0.2) is 0 Å². The molecule has 0 radical (unpaired) electrons. The average Bonchev–Trinajstić information content (AvgIpc) is 2.80. The Hall–Kier alpha value is -3.91. The van der Waals surface area contributed by atoms with Crippen LogP contribution in [0.1, 0.15) is 28.4 Å². The molecule has 5 nitrogen and oxygen atoms in total. The zero-order valence-electron chi connectivity index (χ0n) is 17.4. The van der Waals surface area contributed by atoms with Crippen LogP contribution in [0.5, 0.6) is 0 Å². The van der Waals surface area contributed by atoms with Crippen LogP contribution in [0.4, 0.5) is 0 Å². The average molecular weight is 410 g/mol. The molecule has 1 amide bonds. The van der Waals surface area contributed by atoms with Crippen molar-refractivity contribution in [3.63, 3.8) is 0 Å². The first kappa shape index (κ1) is 20.4. The predicted octanol–water partition coefficient (Wildman–Crippen LogP) is 4.36. The Labute approximate surface area is 181 Å². The number of nitriles is 1. The fourth-order valence-electron chi connectivity index (χ4n) is 4.06. The molecule has 31 heavy (non-hydrogen) atoms. The van der Waals surface area contributed by atoms with Crippen LogP contribution in [0.2, 0.25) is 0 Å². The zero-order chi connectivity index (χ0) is 22.0. The molecule has 0 saturated heterocycles. The van der Waals surface area contributed by atoms with Crippen molar-refractivity contribution in [3.8, 4) is 28.3 Å². The van der Waals surface area contributed by atoms with Crippen molar-refractivity contribution in [2.24, 2.45) is 5.92 Å². The quantitative estimate of drug-likeness (QED) is 0.479. The second-order valence-corrected chi connectivity index (χ2v) is 7.71. The van der Waals surface area contributed by atoms with Gasteiger partial charge in [0.25, 0.3) is 5.91 Å². The summed E-state index contributed by atoms with van der Waals surface area (Å²) in [6, 6.07) is 22.5. The third-order valence-corrected chi connectivity index (χ3v) is 5.77. The maximum absolute atomic E-state index is 12.9. The Bertz CT molecular complexity index is 1210. The Morgan fingerprint density at radius 1 is 0.968 bits per heavy atom. The normalized spacial score (nSPS) is 12.9. The van der Waals surface area contributed by atoms with Crippen LogP contribution in [0.15, 0.2) is 66.7 Å². The Morgan fingerprint density at radius 2 is 1.68 bits per heavy atom. The summed E-state index contributed by atoms with van der Waals surface area (Å²) in [6.07, 6.45) is 0.362. The van der Waals surface area contributed by atoms with Crippen molar-refractivity contribution in [3.05, 3.63) is 83.4 Å². The number of hydrogen-bond donors (Lipinski definition) is 1. The summed E-state index contributed by atoms with van der Waals surface area (Å²) in [7, 11) is 1.34. The minimum Gasteiger partial charge on any atom is -0.469 e. The maximum atomic E-state index is 12.9. The van der Waals surface area contributed by atoms with Gasteiger partial charge in [-0.2, -0.15) is 5.26 Å². The molecular weight excluding hydrogens is 388 g/mol. The lowest BCUT2D eigenvalue weighted by Gasteiger charge is -2.25. The maximum Gasteiger partial charge on any atom is 0.311 e. The van der Waals surface area contributed by atoms with E-state index in [9.17, 15) is 9.59 Å². The van der Waals surface area contributed by atoms with Crippen LogP contribution < -0.4 is 5.32 Å². The van der Waals surface area contributed by atoms with Crippen LogP contribution in [0, 0.1) is 17.2 Å². The van der Waals surface area contributed by atoms with Crippen LogP contribution >= 0.6 is 0 Å². The highest BCUT2D eigenvalue weighted by Gasteiger charge is 2.29. The lowest BCUT2D eigenvalue weighted by molar-refractivity contribution is -0.146. The number of nitrogens with zero attached hydrogens (tertiary/aromatic N) is 1. The van der Waals surface area contributed by atoms with Crippen LogP contribution in [0.25, 0.3) is 22.3 Å². The Kier molecular flexibility index (Phi) is 5.55. The van der Waals surface area contributed by atoms with E-state index in [1.165, 1.54) is 12.7 Å². The molecule has 0 fully saturated rings. The number of nitrogens with one attached hydrogen (secondary N) is 1. The molecule has 1 aliphatic rings. The van der Waals surface area contributed by atoms with Crippen molar-refractivity contribution < 1.29 is 14.3 Å². The molecule has 3 aromatic carbocycles. The van der Waals surface area contributed by atoms with Gasteiger partial charge >= 0.3 is 5.97 Å². The zero-order valence-corrected chi connectivity index (χ0v) is 17.4. The van der Waals surface area contributed by atoms with Gasteiger partial charge in [0.2, 0.25) is 0 Å². The molecule has 0 bridgehead atoms. The molecule has 0 spiro atoms. The van der Waals surface area contributed by atoms with Gasteiger partial charge in [0.05, 0.1) is 24.7 Å². The summed E-state index contributed by atoms with van der Waals surface area (Å²) < 4.78 is 4.98. The Balaban J connectivity index is 1.50. The first-order valence-corrected chi connectivity index (χ1v) is 10.1. The molecule has 1 N–H and O–H groups in total. The van der Waals surface area contributed by atoms with E-state index in [0.717, 1.165) is 22.3 Å². The summed E-state index contributed by atoms with van der Waals surface area (Å²) in [5.74, 6) is -1.21. The Morgan fingerprint density at radius 3 is 2.39 bits per heavy atom. The molecule has 0 aromatic heterocycles. The fourth-order valence-corrected chi connectivity index (χ4v) is 4.06. The van der Waals surface area contributed by atoms with E-state index in [4.69, 9.17) is 10.00 Å². The summed E-state index contributed by atoms with van der Waals surface area (Å²) in [4.78, 5) is 25.4. The molecular formula is C26H22N2O3. The van der Waals surface area contributed by atoms with Crippen molar-refractivity contribution in [1.29, 1.82) is 5.26 Å². The number of ether oxygens (including phenoxy) is 1. The van der Waals surface area contributed by atoms with Crippen molar-refractivity contribution in [2.45, 2.75) is 19.4 Å². The number of carbonyl (C=O) groups is 2. The lowest BCUT2D eigenvalue weighted by atomic mass is 9.80. The highest BCUT2D eigenvalue weighted by atomic mass is 16.5. The molecule has 0 saturated carbocycles. The number of rotatable bonds is 6. The molecule has 0 aliphatic heterocycles. The SMILES string of the molecule is COC(=O)[C@H](Cc1cccc(C#N)c1)[C@@H](C)NC(=O)c1ccc2c(c1)-c1ccccc1-2. The van der Waals surface area contributed by atoms with E-state index in [2.05, 4.69) is 17.5 Å². The third-order valence-electron chi connectivity index (χ3n) is 5.77. The van der Waals surface area contributed by atoms with E-state index in [0.29, 0.717) is 17.5 Å². The van der Waals surface area contributed by atoms with Gasteiger partial charge in [-0.1, -0.05) is 42.5 Å². The fraction of sp³-hybridized carbons (Fsp3) is 0.192. The number of fused-ring (bicyclic) bond motifs is 4. The monoisotopic (exact) mass is 410 g/mol. The van der Waals surface area contributed by atoms with Crippen molar-refractivity contribution in [1.82, 2.24) is 5.32 Å². The summed E-state index contributed by atoms with van der Waals surface area (Å²) >= 11 is 0. The molecule has 0 unspecified atom stereocenters. The largest absolute Gasteiger partial charge is 0.469 e. The van der Waals surface area contributed by atoms with E-state index in [1.54, 1.807) is 31.2 Å². The van der Waals surface area contributed by atoms with E-state index in [1.807, 2.05) is 36.4 Å². The molecule has 154 valence electrons. The highest BCUT2D eigenvalue weighted by molar-refractivity contribution is 6.06. The first-order valence-electron chi connectivity index (χ1n) is 10.1. The number of amides is 1. The topological polar surface area (TPSA) is 79.2 Å². The van der Waals surface area contributed by atoms with E-state index >= 15 is 0 Å². The summed E-state index contributed by atoms with van der Waals surface area (Å²) in [5, 5.41) is 12.1. The van der Waals surface area contributed by atoms with Crippen molar-refractivity contribution in [2.75, 3.05) is 7.11 Å². The van der Waals surface area contributed by atoms with Gasteiger partial charge in [-0.15, -0.1) is 0 Å². The van der Waals surface area contributed by atoms with Gasteiger partial charge < -0.3 is 10.1 Å². The van der Waals surface area contributed by atoms with Crippen LogP contribution in [-0.2, 0) is 16.0 Å². The standard InChI is InChI=1S/C26H22N2O3/c1-16(23(26(30)31-2)13-17-6-5-7-18(12-17)15-27)28-25(29)19-10-11-22-20-8-3-4-9-21(20)24(22)14-19/h3-12,14,16,23H,13H2,1-2H3,(H,28,29)/t16-,23-/m1/s1. The molecule has 3 aromatic rings. The smallest absolute Gasteiger partial charge is 0.311 e. The number of benzene rings is 3. The van der Waals surface area contributed by atoms with Gasteiger partial charge in [-0.3, -0.25) is 9.59 Å². The first-order chi connectivity index (χ1) is 15.0. The molecule has 4 rings (SSSR count). The molecule has 1 aliphatic carbocycles. The van der Waals surface area contributed by atoms with Crippen LogP contribution in [-0.4, -0.2) is 25.0 Å². The molecule has 5 heteroatoms. The van der Waals surface area contributed by atoms with Gasteiger partial charge in [0.1, 0.15) is 0 Å². The number of hydrogen-bond acceptors (Lipinski definition) is 4. The highest BCUT2D eigenvalue weighted by Crippen LogP contribution is 2.46. The predicted molar refractivity (Wildman–Crippen MR) is 118 cm³/mol. The molecule has 0 heterocycles. The van der Waals surface area contributed by atoms with E-state index < -0.39 is 17.9 Å². The number of carbonyl (C=O) groups excluding carboxylic acids is 2. The summed E-state index contributed by atoms with van der Waals surface area (Å²) in [5.41, 5.74) is 6.47. The second-order valence-electron chi connectivity index (χ2n) is 7.71. The van der Waals surface area contributed by atoms with Crippen molar-refractivity contribution >= 4 is 11.9 Å². The van der Waals surface area contributed by atoms with E-state index in [-0.39, 0.29) is 5.91 Å². The van der Waals surface area contributed by atoms with Gasteiger partial charge in [0.15, 0.2) is 0 Å². The third kappa shape index (κ3) is 3.93. The van der Waals surface area contributed by atoms with Crippen LogP contribution in [0.3, 0.4) is 0 Å². The number of methoxy groups -OCH3 is 1. The lowest BCUT2D eigenvalue weighted by Crippen LogP contribution is -2.42. The van der Waals surface area contributed by atoms with Gasteiger partial charge in [0, 0.05) is 11.6 Å². The second kappa shape index (κ2) is 8.45. The summed E-state index contributed by atoms with van der Waals surface area (Å²) in [6.45, 7) is 1.80. The minimum absolute atomic E-state index is 0.237. The van der Waals surface area contributed by atoms with Gasteiger partial charge in [-0.05, 0) is 65.4 Å². The minimum atomic E-state index is -0.574. The number of esters is 1.